The quantitative estimate of drug-likeness (QED) is 0.696. The number of hydrogen-bond donors (Lipinski definition) is 3. The van der Waals surface area contributed by atoms with E-state index in [0.29, 0.717) is 17.8 Å². The molecule has 0 aliphatic carbocycles. The fraction of sp³-hybridized carbons (Fsp3) is 0.263. The summed E-state index contributed by atoms with van der Waals surface area (Å²) in [5, 5.41) is 8.11. The van der Waals surface area contributed by atoms with E-state index in [-0.39, 0.29) is 18.1 Å². The van der Waals surface area contributed by atoms with E-state index in [0.717, 1.165) is 17.7 Å². The maximum atomic E-state index is 12.7. The fourth-order valence-electron chi connectivity index (χ4n) is 2.36. The zero-order chi connectivity index (χ0) is 20.0. The first-order chi connectivity index (χ1) is 12.7. The van der Waals surface area contributed by atoms with Crippen molar-refractivity contribution < 1.29 is 22.8 Å². The molecule has 144 valence electrons. The van der Waals surface area contributed by atoms with Crippen molar-refractivity contribution in [3.8, 4) is 0 Å². The molecule has 2 amide bonds. The molecule has 0 heterocycles. The second-order valence-corrected chi connectivity index (χ2v) is 5.86. The van der Waals surface area contributed by atoms with Gasteiger partial charge in [-0.2, -0.15) is 13.2 Å². The van der Waals surface area contributed by atoms with Gasteiger partial charge in [0, 0.05) is 23.5 Å². The smallest absolute Gasteiger partial charge is 0.376 e. The molecular weight excluding hydrogens is 359 g/mol. The molecule has 5 nitrogen and oxygen atoms in total. The molecule has 0 saturated heterocycles. The van der Waals surface area contributed by atoms with Crippen LogP contribution in [-0.4, -0.2) is 18.4 Å². The first-order valence-electron chi connectivity index (χ1n) is 8.31. The van der Waals surface area contributed by atoms with Crippen LogP contribution in [0.15, 0.2) is 42.5 Å². The van der Waals surface area contributed by atoms with Gasteiger partial charge in [-0.05, 0) is 42.8 Å². The summed E-state index contributed by atoms with van der Waals surface area (Å²) < 4.78 is 38.2. The highest BCUT2D eigenvalue weighted by Crippen LogP contribution is 2.30. The number of anilines is 3. The van der Waals surface area contributed by atoms with Crippen molar-refractivity contribution in [1.29, 1.82) is 0 Å². The molecule has 2 aromatic carbocycles. The topological polar surface area (TPSA) is 70.2 Å². The number of benzene rings is 2. The second kappa shape index (κ2) is 8.57. The molecule has 2 aromatic rings. The zero-order valence-corrected chi connectivity index (χ0v) is 14.9. The van der Waals surface area contributed by atoms with Crippen molar-refractivity contribution in [2.75, 3.05) is 22.5 Å². The van der Waals surface area contributed by atoms with Crippen molar-refractivity contribution in [1.82, 2.24) is 0 Å². The summed E-state index contributed by atoms with van der Waals surface area (Å²) in [6.07, 6.45) is -4.13. The van der Waals surface area contributed by atoms with Gasteiger partial charge < -0.3 is 16.0 Å². The molecule has 0 aliphatic heterocycles. The summed E-state index contributed by atoms with van der Waals surface area (Å²) in [6.45, 7) is 3.39. The van der Waals surface area contributed by atoms with E-state index in [1.807, 2.05) is 0 Å². The van der Waals surface area contributed by atoms with E-state index in [9.17, 15) is 22.8 Å². The Morgan fingerprint density at radius 2 is 1.63 bits per heavy atom. The number of carbonyl (C=O) groups is 2. The lowest BCUT2D eigenvalue weighted by atomic mass is 10.1. The highest BCUT2D eigenvalue weighted by Gasteiger charge is 2.30. The molecular formula is C19H20F3N3O2. The van der Waals surface area contributed by atoms with Crippen LogP contribution in [0.2, 0.25) is 0 Å². The van der Waals surface area contributed by atoms with Crippen LogP contribution in [0, 0.1) is 6.92 Å². The van der Waals surface area contributed by atoms with Crippen molar-refractivity contribution >= 4 is 28.9 Å². The minimum Gasteiger partial charge on any atom is -0.376 e. The summed E-state index contributed by atoms with van der Waals surface area (Å²) in [7, 11) is 0. The third-order valence-corrected chi connectivity index (χ3v) is 3.84. The van der Waals surface area contributed by atoms with Gasteiger partial charge in [-0.1, -0.05) is 19.1 Å². The van der Waals surface area contributed by atoms with Crippen molar-refractivity contribution in [3.63, 3.8) is 0 Å². The number of alkyl halides is 3. The average molecular weight is 379 g/mol. The van der Waals surface area contributed by atoms with Gasteiger partial charge in [-0.15, -0.1) is 0 Å². The molecule has 0 unspecified atom stereocenters. The number of halogens is 3. The van der Waals surface area contributed by atoms with Crippen LogP contribution in [0.5, 0.6) is 0 Å². The highest BCUT2D eigenvalue weighted by molar-refractivity contribution is 5.95. The van der Waals surface area contributed by atoms with Crippen LogP contribution in [0.4, 0.5) is 30.2 Å². The van der Waals surface area contributed by atoms with E-state index in [4.69, 9.17) is 0 Å². The zero-order valence-electron chi connectivity index (χ0n) is 14.9. The lowest BCUT2D eigenvalue weighted by Gasteiger charge is -2.14. The first-order valence-corrected chi connectivity index (χ1v) is 8.31. The third kappa shape index (κ3) is 5.73. The Labute approximate surface area is 155 Å². The molecule has 0 spiro atoms. The summed E-state index contributed by atoms with van der Waals surface area (Å²) in [5.74, 6) is -0.616. The van der Waals surface area contributed by atoms with Crippen LogP contribution >= 0.6 is 0 Å². The molecule has 0 aliphatic rings. The molecule has 0 aromatic heterocycles. The second-order valence-electron chi connectivity index (χ2n) is 5.86. The number of amides is 2. The van der Waals surface area contributed by atoms with Gasteiger partial charge in [0.1, 0.15) is 0 Å². The van der Waals surface area contributed by atoms with Crippen molar-refractivity contribution in [3.05, 3.63) is 53.6 Å². The minimum atomic E-state index is -4.47. The van der Waals surface area contributed by atoms with Crippen LogP contribution < -0.4 is 16.0 Å². The minimum absolute atomic E-state index is 0.0670. The summed E-state index contributed by atoms with van der Waals surface area (Å²) in [4.78, 5) is 23.6. The molecule has 0 saturated carbocycles. The van der Waals surface area contributed by atoms with Crippen molar-refractivity contribution in [2.45, 2.75) is 26.4 Å². The maximum absolute atomic E-state index is 12.7. The monoisotopic (exact) mass is 379 g/mol. The van der Waals surface area contributed by atoms with Gasteiger partial charge in [0.2, 0.25) is 11.8 Å². The van der Waals surface area contributed by atoms with Crippen LogP contribution in [0.1, 0.15) is 24.5 Å². The molecule has 3 N–H and O–H groups in total. The molecule has 8 heteroatoms. The third-order valence-electron chi connectivity index (χ3n) is 3.84. The fourth-order valence-corrected chi connectivity index (χ4v) is 2.36. The first kappa shape index (κ1) is 20.3. The normalized spacial score (nSPS) is 11.0. The van der Waals surface area contributed by atoms with Gasteiger partial charge in [-0.25, -0.2) is 0 Å². The Balaban J connectivity index is 2.00. The molecule has 0 bridgehead atoms. The average Bonchev–Trinajstić information content (AvgIpc) is 2.62. The van der Waals surface area contributed by atoms with Crippen LogP contribution in [0.25, 0.3) is 0 Å². The maximum Gasteiger partial charge on any atom is 0.416 e. The van der Waals surface area contributed by atoms with E-state index in [2.05, 4.69) is 16.0 Å². The van der Waals surface area contributed by atoms with E-state index >= 15 is 0 Å². The molecule has 0 atom stereocenters. The molecule has 2 rings (SSSR count). The predicted octanol–water partition coefficient (Wildman–Crippen LogP) is 4.41. The lowest BCUT2D eigenvalue weighted by Crippen LogP contribution is -2.22. The SMILES string of the molecule is CCC(=O)Nc1cccc(NCC(=O)Nc2cccc(C(F)(F)F)c2)c1C. The number of rotatable bonds is 6. The van der Waals surface area contributed by atoms with Crippen molar-refractivity contribution in [2.24, 2.45) is 0 Å². The largest absolute Gasteiger partial charge is 0.416 e. The Morgan fingerprint density at radius 3 is 2.30 bits per heavy atom. The number of carbonyl (C=O) groups excluding carboxylic acids is 2. The van der Waals surface area contributed by atoms with Gasteiger partial charge >= 0.3 is 6.18 Å². The van der Waals surface area contributed by atoms with Crippen LogP contribution in [0.3, 0.4) is 0 Å². The molecule has 27 heavy (non-hydrogen) atoms. The van der Waals surface area contributed by atoms with E-state index < -0.39 is 17.6 Å². The Bertz CT molecular complexity index is 835. The van der Waals surface area contributed by atoms with Gasteiger partial charge in [-0.3, -0.25) is 9.59 Å². The highest BCUT2D eigenvalue weighted by atomic mass is 19.4. The summed E-state index contributed by atoms with van der Waals surface area (Å²) in [5.41, 5.74) is 1.26. The number of hydrogen-bond acceptors (Lipinski definition) is 3. The van der Waals surface area contributed by atoms with Gasteiger partial charge in [0.25, 0.3) is 0 Å². The van der Waals surface area contributed by atoms with E-state index in [1.165, 1.54) is 12.1 Å². The molecule has 0 fully saturated rings. The van der Waals surface area contributed by atoms with E-state index in [1.54, 1.807) is 32.0 Å². The van der Waals surface area contributed by atoms with Gasteiger partial charge in [0.05, 0.1) is 12.1 Å². The lowest BCUT2D eigenvalue weighted by molar-refractivity contribution is -0.137. The van der Waals surface area contributed by atoms with Crippen LogP contribution in [-0.2, 0) is 15.8 Å². The Kier molecular flexibility index (Phi) is 6.44. The van der Waals surface area contributed by atoms with Gasteiger partial charge in [0.15, 0.2) is 0 Å². The summed E-state index contributed by atoms with van der Waals surface area (Å²) >= 11 is 0. The number of nitrogens with one attached hydrogen (secondary N) is 3. The predicted molar refractivity (Wildman–Crippen MR) is 98.7 cm³/mol. The summed E-state index contributed by atoms with van der Waals surface area (Å²) in [6, 6.07) is 9.66. The Hall–Kier alpha value is -3.03. The standard InChI is InChI=1S/C19H20F3N3O2/c1-3-17(26)25-16-9-5-8-15(12(16)2)23-11-18(27)24-14-7-4-6-13(10-14)19(20,21)22/h4-10,23H,3,11H2,1-2H3,(H,24,27)(H,25,26). The Morgan fingerprint density at radius 1 is 0.963 bits per heavy atom. The molecule has 0 radical (unpaired) electrons.